The molecule has 5 heteroatoms. The lowest BCUT2D eigenvalue weighted by molar-refractivity contribution is -0.127. The Morgan fingerprint density at radius 2 is 2.06 bits per heavy atom. The van der Waals surface area contributed by atoms with Gasteiger partial charge in [0, 0.05) is 37.9 Å². The summed E-state index contributed by atoms with van der Waals surface area (Å²) >= 11 is 0. The molecule has 0 bridgehead atoms. The van der Waals surface area contributed by atoms with Crippen molar-refractivity contribution >= 4 is 5.91 Å². The number of carbonyl (C=O) groups is 1. The smallest absolute Gasteiger partial charge is 0.236 e. The largest absolute Gasteiger partial charge is 0.348 e. The molecular formula is C13H24N4O. The van der Waals surface area contributed by atoms with E-state index in [-0.39, 0.29) is 11.9 Å². The van der Waals surface area contributed by atoms with Crippen LogP contribution in [0.1, 0.15) is 36.8 Å². The van der Waals surface area contributed by atoms with E-state index < -0.39 is 0 Å². The highest BCUT2D eigenvalue weighted by Gasteiger charge is 2.17. The van der Waals surface area contributed by atoms with Crippen molar-refractivity contribution in [1.82, 2.24) is 20.0 Å². The van der Waals surface area contributed by atoms with Crippen LogP contribution in [0, 0.1) is 13.8 Å². The summed E-state index contributed by atoms with van der Waals surface area (Å²) in [4.78, 5) is 13.1. The molecule has 5 nitrogen and oxygen atoms in total. The van der Waals surface area contributed by atoms with E-state index in [0.29, 0.717) is 6.54 Å². The van der Waals surface area contributed by atoms with Gasteiger partial charge in [-0.15, -0.1) is 0 Å². The predicted molar refractivity (Wildman–Crippen MR) is 72.5 cm³/mol. The summed E-state index contributed by atoms with van der Waals surface area (Å²) < 4.78 is 2.00. The second-order valence-corrected chi connectivity index (χ2v) is 4.79. The Morgan fingerprint density at radius 3 is 2.50 bits per heavy atom. The molecule has 1 amide bonds. The van der Waals surface area contributed by atoms with Crippen molar-refractivity contribution in [3.8, 4) is 0 Å². The highest BCUT2D eigenvalue weighted by Crippen LogP contribution is 2.20. The summed E-state index contributed by atoms with van der Waals surface area (Å²) in [6, 6.07) is 0.134. The standard InChI is InChI=1S/C13H24N4O/c1-7-17-11(4)13(10(3)15-17)9(2)14-8-12(18)16(5)6/h9,14H,7-8H2,1-6H3. The van der Waals surface area contributed by atoms with Crippen molar-refractivity contribution in [2.75, 3.05) is 20.6 Å². The molecule has 1 aromatic heterocycles. The Labute approximate surface area is 109 Å². The van der Waals surface area contributed by atoms with Gasteiger partial charge in [0.1, 0.15) is 0 Å². The molecule has 1 unspecified atom stereocenters. The van der Waals surface area contributed by atoms with E-state index in [4.69, 9.17) is 0 Å². The molecule has 1 aromatic rings. The molecule has 0 saturated heterocycles. The van der Waals surface area contributed by atoms with Crippen molar-refractivity contribution in [1.29, 1.82) is 0 Å². The Bertz CT molecular complexity index is 423. The molecule has 0 aliphatic rings. The number of nitrogens with zero attached hydrogens (tertiary/aromatic N) is 3. The van der Waals surface area contributed by atoms with E-state index in [1.807, 2.05) is 11.6 Å². The maximum atomic E-state index is 11.6. The maximum absolute atomic E-state index is 11.6. The molecule has 0 fully saturated rings. The Kier molecular flexibility index (Phi) is 4.90. The van der Waals surface area contributed by atoms with Gasteiger partial charge in [-0.2, -0.15) is 5.10 Å². The number of amides is 1. The zero-order valence-electron chi connectivity index (χ0n) is 12.2. The molecule has 0 saturated carbocycles. The normalized spacial score (nSPS) is 12.6. The number of nitrogens with one attached hydrogen (secondary N) is 1. The zero-order valence-corrected chi connectivity index (χ0v) is 12.2. The molecule has 1 heterocycles. The lowest BCUT2D eigenvalue weighted by Crippen LogP contribution is -2.34. The summed E-state index contributed by atoms with van der Waals surface area (Å²) in [6.07, 6.45) is 0. The number of aryl methyl sites for hydroxylation is 2. The maximum Gasteiger partial charge on any atom is 0.236 e. The van der Waals surface area contributed by atoms with Gasteiger partial charge in [0.15, 0.2) is 0 Å². The minimum atomic E-state index is 0.0834. The molecule has 1 N–H and O–H groups in total. The molecule has 102 valence electrons. The van der Waals surface area contributed by atoms with E-state index >= 15 is 0 Å². The van der Waals surface area contributed by atoms with E-state index in [1.165, 1.54) is 11.3 Å². The Hall–Kier alpha value is -1.36. The average Bonchev–Trinajstić information content (AvgIpc) is 2.60. The summed E-state index contributed by atoms with van der Waals surface area (Å²) in [5.74, 6) is 0.0834. The number of aromatic nitrogens is 2. The molecule has 1 atom stereocenters. The summed E-state index contributed by atoms with van der Waals surface area (Å²) in [5.41, 5.74) is 3.40. The third-order valence-corrected chi connectivity index (χ3v) is 3.23. The van der Waals surface area contributed by atoms with Crippen LogP contribution in [0.15, 0.2) is 0 Å². The van der Waals surface area contributed by atoms with E-state index in [0.717, 1.165) is 12.2 Å². The molecule has 1 rings (SSSR count). The van der Waals surface area contributed by atoms with Crippen molar-refractivity contribution in [3.63, 3.8) is 0 Å². The average molecular weight is 252 g/mol. The number of hydrogen-bond donors (Lipinski definition) is 1. The van der Waals surface area contributed by atoms with Crippen molar-refractivity contribution < 1.29 is 4.79 Å². The first-order valence-corrected chi connectivity index (χ1v) is 6.35. The summed E-state index contributed by atoms with van der Waals surface area (Å²) in [6.45, 7) is 9.46. The first-order valence-electron chi connectivity index (χ1n) is 6.35. The quantitative estimate of drug-likeness (QED) is 0.858. The molecule has 0 aromatic carbocycles. The Balaban J connectivity index is 2.75. The lowest BCUT2D eigenvalue weighted by Gasteiger charge is -2.16. The SMILES string of the molecule is CCn1nc(C)c(C(C)NCC(=O)N(C)C)c1C. The van der Waals surface area contributed by atoms with Gasteiger partial charge in [-0.05, 0) is 27.7 Å². The van der Waals surface area contributed by atoms with Crippen LogP contribution in [0.2, 0.25) is 0 Å². The second kappa shape index (κ2) is 6.00. The van der Waals surface area contributed by atoms with Gasteiger partial charge in [0.2, 0.25) is 5.91 Å². The van der Waals surface area contributed by atoms with Crippen molar-refractivity contribution in [3.05, 3.63) is 17.0 Å². The van der Waals surface area contributed by atoms with Gasteiger partial charge in [0.25, 0.3) is 0 Å². The van der Waals surface area contributed by atoms with Crippen LogP contribution in [0.25, 0.3) is 0 Å². The monoisotopic (exact) mass is 252 g/mol. The van der Waals surface area contributed by atoms with E-state index in [1.54, 1.807) is 19.0 Å². The van der Waals surface area contributed by atoms with Crippen LogP contribution < -0.4 is 5.32 Å². The number of rotatable bonds is 5. The lowest BCUT2D eigenvalue weighted by atomic mass is 10.1. The highest BCUT2D eigenvalue weighted by atomic mass is 16.2. The van der Waals surface area contributed by atoms with E-state index in [2.05, 4.69) is 31.2 Å². The molecule has 0 radical (unpaired) electrons. The van der Waals surface area contributed by atoms with Crippen LogP contribution in [-0.4, -0.2) is 41.2 Å². The van der Waals surface area contributed by atoms with Gasteiger partial charge >= 0.3 is 0 Å². The number of carbonyl (C=O) groups excluding carboxylic acids is 1. The molecule has 0 aliphatic carbocycles. The molecule has 0 spiro atoms. The minimum absolute atomic E-state index is 0.0834. The van der Waals surface area contributed by atoms with Gasteiger partial charge in [-0.3, -0.25) is 9.48 Å². The molecule has 0 aliphatic heterocycles. The third kappa shape index (κ3) is 3.10. The second-order valence-electron chi connectivity index (χ2n) is 4.79. The topological polar surface area (TPSA) is 50.2 Å². The fraction of sp³-hybridized carbons (Fsp3) is 0.692. The minimum Gasteiger partial charge on any atom is -0.348 e. The van der Waals surface area contributed by atoms with Gasteiger partial charge < -0.3 is 10.2 Å². The van der Waals surface area contributed by atoms with Crippen LogP contribution in [0.5, 0.6) is 0 Å². The van der Waals surface area contributed by atoms with Crippen molar-refractivity contribution in [2.24, 2.45) is 0 Å². The van der Waals surface area contributed by atoms with Crippen LogP contribution in [-0.2, 0) is 11.3 Å². The van der Waals surface area contributed by atoms with Crippen LogP contribution in [0.4, 0.5) is 0 Å². The third-order valence-electron chi connectivity index (χ3n) is 3.23. The van der Waals surface area contributed by atoms with E-state index in [9.17, 15) is 4.79 Å². The first-order chi connectivity index (χ1) is 8.38. The first kappa shape index (κ1) is 14.7. The fourth-order valence-electron chi connectivity index (χ4n) is 2.15. The number of likely N-dealkylation sites (N-methyl/N-ethyl adjacent to an activating group) is 1. The molecular weight excluding hydrogens is 228 g/mol. The van der Waals surface area contributed by atoms with Crippen LogP contribution >= 0.6 is 0 Å². The van der Waals surface area contributed by atoms with Gasteiger partial charge in [-0.1, -0.05) is 0 Å². The molecule has 18 heavy (non-hydrogen) atoms. The summed E-state index contributed by atoms with van der Waals surface area (Å²) in [7, 11) is 3.53. The highest BCUT2D eigenvalue weighted by molar-refractivity contribution is 5.77. The van der Waals surface area contributed by atoms with Crippen molar-refractivity contribution in [2.45, 2.75) is 40.3 Å². The Morgan fingerprint density at radius 1 is 1.44 bits per heavy atom. The number of hydrogen-bond acceptors (Lipinski definition) is 3. The van der Waals surface area contributed by atoms with Gasteiger partial charge in [0.05, 0.1) is 12.2 Å². The van der Waals surface area contributed by atoms with Crippen LogP contribution in [0.3, 0.4) is 0 Å². The van der Waals surface area contributed by atoms with Gasteiger partial charge in [-0.25, -0.2) is 0 Å². The fourth-order valence-corrected chi connectivity index (χ4v) is 2.15. The zero-order chi connectivity index (χ0) is 13.9. The predicted octanol–water partition coefficient (Wildman–Crippen LogP) is 1.26. The summed E-state index contributed by atoms with van der Waals surface area (Å²) in [5, 5.41) is 7.75.